The zero-order valence-electron chi connectivity index (χ0n) is 11.3. The van der Waals surface area contributed by atoms with Crippen LogP contribution in [0.4, 0.5) is 0 Å². The number of amides is 2. The number of ether oxygens (including phenoxy) is 1. The number of nitrogens with zero attached hydrogens (tertiary/aromatic N) is 1. The van der Waals surface area contributed by atoms with Crippen molar-refractivity contribution < 1.29 is 14.3 Å². The Bertz CT molecular complexity index is 707. The normalized spacial score (nSPS) is 13.5. The van der Waals surface area contributed by atoms with E-state index in [4.69, 9.17) is 16.3 Å². The summed E-state index contributed by atoms with van der Waals surface area (Å²) in [6.07, 6.45) is 0. The molecule has 1 heterocycles. The quantitative estimate of drug-likeness (QED) is 0.818. The molecule has 1 aliphatic rings. The van der Waals surface area contributed by atoms with Crippen molar-refractivity contribution in [3.8, 4) is 5.75 Å². The van der Waals surface area contributed by atoms with Crippen molar-refractivity contribution in [1.29, 1.82) is 0 Å². The summed E-state index contributed by atoms with van der Waals surface area (Å²) in [6, 6.07) is 12.0. The molecule has 5 heteroatoms. The molecule has 106 valence electrons. The van der Waals surface area contributed by atoms with Gasteiger partial charge in [-0.25, -0.2) is 0 Å². The van der Waals surface area contributed by atoms with E-state index in [2.05, 4.69) is 0 Å². The van der Waals surface area contributed by atoms with Gasteiger partial charge in [0.25, 0.3) is 11.8 Å². The number of hydrogen-bond donors (Lipinski definition) is 0. The third kappa shape index (κ3) is 2.28. The molecular formula is C16H12ClNO3. The van der Waals surface area contributed by atoms with Gasteiger partial charge in [-0.15, -0.1) is 0 Å². The van der Waals surface area contributed by atoms with Gasteiger partial charge in [0.1, 0.15) is 5.75 Å². The summed E-state index contributed by atoms with van der Waals surface area (Å²) in [5.41, 5.74) is 1.58. The first-order valence-corrected chi connectivity index (χ1v) is 6.77. The molecule has 0 N–H and O–H groups in total. The Balaban J connectivity index is 1.90. The molecule has 0 saturated carbocycles. The van der Waals surface area contributed by atoms with Crippen LogP contribution in [0.5, 0.6) is 5.75 Å². The molecule has 3 rings (SSSR count). The van der Waals surface area contributed by atoms with E-state index >= 15 is 0 Å². The highest BCUT2D eigenvalue weighted by Crippen LogP contribution is 2.28. The van der Waals surface area contributed by atoms with E-state index in [-0.39, 0.29) is 18.4 Å². The fourth-order valence-corrected chi connectivity index (χ4v) is 2.57. The lowest BCUT2D eigenvalue weighted by molar-refractivity contribution is 0.0642. The van der Waals surface area contributed by atoms with Gasteiger partial charge in [-0.05, 0) is 29.8 Å². The monoisotopic (exact) mass is 301 g/mol. The van der Waals surface area contributed by atoms with Crippen molar-refractivity contribution in [2.24, 2.45) is 0 Å². The second kappa shape index (κ2) is 5.22. The zero-order valence-corrected chi connectivity index (χ0v) is 12.1. The first kappa shape index (κ1) is 13.6. The summed E-state index contributed by atoms with van der Waals surface area (Å²) in [5, 5.41) is 0.464. The lowest BCUT2D eigenvalue weighted by Gasteiger charge is -2.15. The predicted molar refractivity (Wildman–Crippen MR) is 78.7 cm³/mol. The minimum atomic E-state index is -0.289. The third-order valence-corrected chi connectivity index (χ3v) is 3.82. The number of carbonyl (C=O) groups is 2. The Morgan fingerprint density at radius 2 is 1.67 bits per heavy atom. The summed E-state index contributed by atoms with van der Waals surface area (Å²) in [4.78, 5) is 25.8. The van der Waals surface area contributed by atoms with Gasteiger partial charge in [-0.3, -0.25) is 14.5 Å². The first-order valence-electron chi connectivity index (χ1n) is 6.39. The lowest BCUT2D eigenvalue weighted by Crippen LogP contribution is -2.29. The molecule has 21 heavy (non-hydrogen) atoms. The molecule has 0 aliphatic carbocycles. The molecule has 0 aromatic heterocycles. The van der Waals surface area contributed by atoms with Crippen molar-refractivity contribution in [2.45, 2.75) is 6.54 Å². The maximum absolute atomic E-state index is 12.3. The fourth-order valence-electron chi connectivity index (χ4n) is 2.34. The second-order valence-corrected chi connectivity index (χ2v) is 5.11. The standard InChI is InChI=1S/C16H12ClNO3/c1-21-11-7-6-10(14(17)8-11)9-18-15(19)12-4-2-3-5-13(12)16(18)20/h2-8H,9H2,1H3. The summed E-state index contributed by atoms with van der Waals surface area (Å²) in [7, 11) is 1.55. The molecule has 0 unspecified atom stereocenters. The van der Waals surface area contributed by atoms with E-state index in [0.29, 0.717) is 27.5 Å². The molecule has 1 aliphatic heterocycles. The highest BCUT2D eigenvalue weighted by atomic mass is 35.5. The topological polar surface area (TPSA) is 46.6 Å². The van der Waals surface area contributed by atoms with Gasteiger partial charge in [0.15, 0.2) is 0 Å². The molecule has 0 spiro atoms. The average Bonchev–Trinajstić information content (AvgIpc) is 2.74. The van der Waals surface area contributed by atoms with E-state index in [1.54, 1.807) is 49.6 Å². The molecule has 0 atom stereocenters. The third-order valence-electron chi connectivity index (χ3n) is 3.47. The Labute approximate surface area is 126 Å². The predicted octanol–water partition coefficient (Wildman–Crippen LogP) is 3.14. The molecular weight excluding hydrogens is 290 g/mol. The number of imide groups is 1. The van der Waals surface area contributed by atoms with Crippen LogP contribution in [-0.2, 0) is 6.54 Å². The van der Waals surface area contributed by atoms with Gasteiger partial charge < -0.3 is 4.74 Å². The molecule has 0 fully saturated rings. The highest BCUT2D eigenvalue weighted by molar-refractivity contribution is 6.31. The number of halogens is 1. The van der Waals surface area contributed by atoms with Crippen LogP contribution in [0.2, 0.25) is 5.02 Å². The molecule has 2 amide bonds. The lowest BCUT2D eigenvalue weighted by atomic mass is 10.1. The maximum Gasteiger partial charge on any atom is 0.261 e. The molecule has 2 aromatic carbocycles. The largest absolute Gasteiger partial charge is 0.497 e. The van der Waals surface area contributed by atoms with Crippen LogP contribution in [0.3, 0.4) is 0 Å². The van der Waals surface area contributed by atoms with Crippen molar-refractivity contribution in [3.63, 3.8) is 0 Å². The number of rotatable bonds is 3. The van der Waals surface area contributed by atoms with Crippen molar-refractivity contribution in [3.05, 3.63) is 64.2 Å². The Morgan fingerprint density at radius 3 is 2.19 bits per heavy atom. The van der Waals surface area contributed by atoms with Crippen LogP contribution in [0.25, 0.3) is 0 Å². The van der Waals surface area contributed by atoms with Gasteiger partial charge in [-0.1, -0.05) is 29.8 Å². The average molecular weight is 302 g/mol. The van der Waals surface area contributed by atoms with E-state index in [0.717, 1.165) is 0 Å². The summed E-state index contributed by atoms with van der Waals surface area (Å²) >= 11 is 6.16. The van der Waals surface area contributed by atoms with E-state index in [1.807, 2.05) is 0 Å². The molecule has 0 bridgehead atoms. The number of benzene rings is 2. The Morgan fingerprint density at radius 1 is 1.05 bits per heavy atom. The summed E-state index contributed by atoms with van der Waals surface area (Å²) < 4.78 is 5.08. The number of methoxy groups -OCH3 is 1. The van der Waals surface area contributed by atoms with E-state index in [9.17, 15) is 9.59 Å². The van der Waals surface area contributed by atoms with Gasteiger partial charge >= 0.3 is 0 Å². The summed E-state index contributed by atoms with van der Waals surface area (Å²) in [6.45, 7) is 0.148. The summed E-state index contributed by atoms with van der Waals surface area (Å²) in [5.74, 6) is 0.0519. The van der Waals surface area contributed by atoms with Crippen molar-refractivity contribution in [1.82, 2.24) is 4.90 Å². The number of hydrogen-bond acceptors (Lipinski definition) is 3. The van der Waals surface area contributed by atoms with Gasteiger partial charge in [0.05, 0.1) is 24.8 Å². The maximum atomic E-state index is 12.3. The Kier molecular flexibility index (Phi) is 3.39. The van der Waals surface area contributed by atoms with Crippen LogP contribution >= 0.6 is 11.6 Å². The zero-order chi connectivity index (χ0) is 15.0. The number of carbonyl (C=O) groups excluding carboxylic acids is 2. The van der Waals surface area contributed by atoms with Crippen LogP contribution in [-0.4, -0.2) is 23.8 Å². The molecule has 4 nitrogen and oxygen atoms in total. The van der Waals surface area contributed by atoms with Gasteiger partial charge in [0.2, 0.25) is 0 Å². The first-order chi connectivity index (χ1) is 10.1. The smallest absolute Gasteiger partial charge is 0.261 e. The van der Waals surface area contributed by atoms with Crippen LogP contribution in [0, 0.1) is 0 Å². The van der Waals surface area contributed by atoms with Crippen LogP contribution in [0.1, 0.15) is 26.3 Å². The molecule has 0 radical (unpaired) electrons. The van der Waals surface area contributed by atoms with Gasteiger partial charge in [0, 0.05) is 5.02 Å². The minimum Gasteiger partial charge on any atom is -0.497 e. The molecule has 0 saturated heterocycles. The van der Waals surface area contributed by atoms with Crippen molar-refractivity contribution >= 4 is 23.4 Å². The second-order valence-electron chi connectivity index (χ2n) is 4.70. The van der Waals surface area contributed by atoms with E-state index in [1.165, 1.54) is 4.90 Å². The number of fused-ring (bicyclic) bond motifs is 1. The fraction of sp³-hybridized carbons (Fsp3) is 0.125. The van der Waals surface area contributed by atoms with E-state index < -0.39 is 0 Å². The SMILES string of the molecule is COc1ccc(CN2C(=O)c3ccccc3C2=O)c(Cl)c1. The minimum absolute atomic E-state index is 0.148. The van der Waals surface area contributed by atoms with Crippen LogP contribution < -0.4 is 4.74 Å². The molecule has 2 aromatic rings. The van der Waals surface area contributed by atoms with Crippen molar-refractivity contribution in [2.75, 3.05) is 7.11 Å². The van der Waals surface area contributed by atoms with Gasteiger partial charge in [-0.2, -0.15) is 0 Å². The Hall–Kier alpha value is -2.33. The highest BCUT2D eigenvalue weighted by Gasteiger charge is 2.35. The van der Waals surface area contributed by atoms with Crippen LogP contribution in [0.15, 0.2) is 42.5 Å².